The average molecular weight is 374 g/mol. The second kappa shape index (κ2) is 8.34. The highest BCUT2D eigenvalue weighted by Crippen LogP contribution is 2.27. The summed E-state index contributed by atoms with van der Waals surface area (Å²) < 4.78 is 13.1. The Morgan fingerprint density at radius 3 is 2.57 bits per heavy atom. The van der Waals surface area contributed by atoms with Gasteiger partial charge in [-0.05, 0) is 54.8 Å². The first-order chi connectivity index (χ1) is 13.7. The van der Waals surface area contributed by atoms with Crippen molar-refractivity contribution in [3.05, 3.63) is 101 Å². The van der Waals surface area contributed by atoms with Crippen LogP contribution in [-0.4, -0.2) is 28.9 Å². The van der Waals surface area contributed by atoms with Crippen LogP contribution in [0.1, 0.15) is 46.1 Å². The maximum Gasteiger partial charge on any atom is 0.253 e. The maximum atomic E-state index is 13.1. The van der Waals surface area contributed by atoms with Crippen LogP contribution in [0.2, 0.25) is 0 Å². The summed E-state index contributed by atoms with van der Waals surface area (Å²) in [7, 11) is 0. The van der Waals surface area contributed by atoms with Crippen LogP contribution in [0.25, 0.3) is 0 Å². The lowest BCUT2D eigenvalue weighted by atomic mass is 9.93. The normalized spacial score (nSPS) is 16.8. The summed E-state index contributed by atoms with van der Waals surface area (Å²) in [6.07, 6.45) is 2.69. The van der Waals surface area contributed by atoms with E-state index < -0.39 is 0 Å². The molecule has 0 radical (unpaired) electrons. The first kappa shape index (κ1) is 18.4. The van der Waals surface area contributed by atoms with Gasteiger partial charge in [0.15, 0.2) is 0 Å². The van der Waals surface area contributed by atoms with Crippen molar-refractivity contribution in [2.75, 3.05) is 13.1 Å². The molecule has 1 amide bonds. The highest BCUT2D eigenvalue weighted by Gasteiger charge is 2.26. The Morgan fingerprint density at radius 1 is 1.00 bits per heavy atom. The summed E-state index contributed by atoms with van der Waals surface area (Å²) in [4.78, 5) is 19.6. The number of hydrogen-bond acceptors (Lipinski definition) is 2. The smallest absolute Gasteiger partial charge is 0.253 e. The van der Waals surface area contributed by atoms with Crippen LogP contribution < -0.4 is 0 Å². The molecule has 1 atom stereocenters. The monoisotopic (exact) mass is 374 g/mol. The van der Waals surface area contributed by atoms with Crippen molar-refractivity contribution in [2.45, 2.75) is 25.2 Å². The van der Waals surface area contributed by atoms with Gasteiger partial charge in [0.25, 0.3) is 5.91 Å². The summed E-state index contributed by atoms with van der Waals surface area (Å²) in [5, 5.41) is 0. The molecule has 0 bridgehead atoms. The van der Waals surface area contributed by atoms with E-state index in [0.29, 0.717) is 13.0 Å². The van der Waals surface area contributed by atoms with Gasteiger partial charge in [0.1, 0.15) is 5.82 Å². The molecule has 3 nitrogen and oxygen atoms in total. The van der Waals surface area contributed by atoms with Crippen molar-refractivity contribution < 1.29 is 9.18 Å². The minimum Gasteiger partial charge on any atom is -0.338 e. The zero-order chi connectivity index (χ0) is 19.3. The molecule has 0 N–H and O–H groups in total. The molecule has 1 aromatic heterocycles. The molecular weight excluding hydrogens is 351 g/mol. The molecule has 2 aromatic carbocycles. The largest absolute Gasteiger partial charge is 0.338 e. The van der Waals surface area contributed by atoms with E-state index in [9.17, 15) is 9.18 Å². The minimum absolute atomic E-state index is 0.0905. The standard InChI is InChI=1S/C24H23FN2O/c25-21-13-11-18(12-14-21)16-22-9-4-10-23(26-22)20-8-5-15-27(17-20)24(28)19-6-2-1-3-7-19/h1-4,6-7,9-14,20H,5,8,15-17H2. The first-order valence-electron chi connectivity index (χ1n) is 9.73. The number of pyridine rings is 1. The number of hydrogen-bond donors (Lipinski definition) is 0. The van der Waals surface area contributed by atoms with Crippen LogP contribution >= 0.6 is 0 Å². The van der Waals surface area contributed by atoms with Crippen LogP contribution in [0, 0.1) is 5.82 Å². The Kier molecular flexibility index (Phi) is 5.47. The third kappa shape index (κ3) is 4.28. The van der Waals surface area contributed by atoms with E-state index in [1.165, 1.54) is 12.1 Å². The molecule has 0 saturated carbocycles. The van der Waals surface area contributed by atoms with Crippen molar-refractivity contribution in [1.82, 2.24) is 9.88 Å². The van der Waals surface area contributed by atoms with Gasteiger partial charge in [-0.2, -0.15) is 0 Å². The number of piperidine rings is 1. The molecule has 0 aliphatic carbocycles. The van der Waals surface area contributed by atoms with Crippen LogP contribution in [0.4, 0.5) is 4.39 Å². The van der Waals surface area contributed by atoms with Crippen molar-refractivity contribution in [3.63, 3.8) is 0 Å². The molecule has 1 aliphatic heterocycles. The Bertz CT molecular complexity index is 940. The first-order valence-corrected chi connectivity index (χ1v) is 9.73. The predicted molar refractivity (Wildman–Crippen MR) is 108 cm³/mol. The van der Waals surface area contributed by atoms with Crippen LogP contribution in [0.15, 0.2) is 72.8 Å². The van der Waals surface area contributed by atoms with Gasteiger partial charge < -0.3 is 4.90 Å². The Labute approximate surface area is 164 Å². The molecule has 4 heteroatoms. The van der Waals surface area contributed by atoms with Gasteiger partial charge in [0.2, 0.25) is 0 Å². The lowest BCUT2D eigenvalue weighted by molar-refractivity contribution is 0.0706. The Morgan fingerprint density at radius 2 is 1.79 bits per heavy atom. The topological polar surface area (TPSA) is 33.2 Å². The number of halogens is 1. The van der Waals surface area contributed by atoms with Crippen LogP contribution in [0.3, 0.4) is 0 Å². The summed E-state index contributed by atoms with van der Waals surface area (Å²) in [6, 6.07) is 22.1. The molecule has 28 heavy (non-hydrogen) atoms. The quantitative estimate of drug-likeness (QED) is 0.655. The van der Waals surface area contributed by atoms with E-state index in [4.69, 9.17) is 4.98 Å². The summed E-state index contributed by atoms with van der Waals surface area (Å²) in [5.41, 5.74) is 3.78. The van der Waals surface area contributed by atoms with Crippen molar-refractivity contribution >= 4 is 5.91 Å². The van der Waals surface area contributed by atoms with Gasteiger partial charge in [0, 0.05) is 42.4 Å². The van der Waals surface area contributed by atoms with Gasteiger partial charge in [-0.15, -0.1) is 0 Å². The fourth-order valence-corrected chi connectivity index (χ4v) is 3.80. The van der Waals surface area contributed by atoms with E-state index >= 15 is 0 Å². The van der Waals surface area contributed by atoms with Gasteiger partial charge in [-0.3, -0.25) is 9.78 Å². The number of nitrogens with zero attached hydrogens (tertiary/aromatic N) is 2. The van der Waals surface area contributed by atoms with Gasteiger partial charge in [-0.25, -0.2) is 4.39 Å². The Balaban J connectivity index is 1.47. The maximum absolute atomic E-state index is 13.1. The van der Waals surface area contributed by atoms with E-state index in [1.807, 2.05) is 47.4 Å². The van der Waals surface area contributed by atoms with Gasteiger partial charge in [0.05, 0.1) is 0 Å². The van der Waals surface area contributed by atoms with Gasteiger partial charge >= 0.3 is 0 Å². The highest BCUT2D eigenvalue weighted by atomic mass is 19.1. The Hall–Kier alpha value is -3.01. The zero-order valence-corrected chi connectivity index (χ0v) is 15.7. The number of likely N-dealkylation sites (tertiary alicyclic amines) is 1. The molecule has 4 rings (SSSR count). The number of rotatable bonds is 4. The summed E-state index contributed by atoms with van der Waals surface area (Å²) in [5.74, 6) is 0.109. The number of carbonyl (C=O) groups excluding carboxylic acids is 1. The third-order valence-electron chi connectivity index (χ3n) is 5.27. The molecule has 1 unspecified atom stereocenters. The molecule has 1 aliphatic rings. The lowest BCUT2D eigenvalue weighted by Gasteiger charge is -2.32. The number of aromatic nitrogens is 1. The van der Waals surface area contributed by atoms with Gasteiger partial charge in [-0.1, -0.05) is 36.4 Å². The molecule has 0 spiro atoms. The van der Waals surface area contributed by atoms with E-state index in [0.717, 1.165) is 41.9 Å². The molecular formula is C24H23FN2O. The van der Waals surface area contributed by atoms with Crippen molar-refractivity contribution in [2.24, 2.45) is 0 Å². The molecule has 1 saturated heterocycles. The molecule has 142 valence electrons. The SMILES string of the molecule is O=C(c1ccccc1)N1CCCC(c2cccc(Cc3ccc(F)cc3)n2)C1. The molecule has 1 fully saturated rings. The zero-order valence-electron chi connectivity index (χ0n) is 15.7. The third-order valence-corrected chi connectivity index (χ3v) is 5.27. The average Bonchev–Trinajstić information content (AvgIpc) is 2.76. The molecule has 2 heterocycles. The number of amides is 1. The van der Waals surface area contributed by atoms with Crippen molar-refractivity contribution in [1.29, 1.82) is 0 Å². The number of carbonyl (C=O) groups is 1. The highest BCUT2D eigenvalue weighted by molar-refractivity contribution is 5.94. The van der Waals surface area contributed by atoms with E-state index in [2.05, 4.69) is 6.07 Å². The summed E-state index contributed by atoms with van der Waals surface area (Å²) in [6.45, 7) is 1.49. The predicted octanol–water partition coefficient (Wildman–Crippen LogP) is 4.83. The summed E-state index contributed by atoms with van der Waals surface area (Å²) >= 11 is 0. The van der Waals surface area contributed by atoms with Crippen molar-refractivity contribution in [3.8, 4) is 0 Å². The lowest BCUT2D eigenvalue weighted by Crippen LogP contribution is -2.39. The fourth-order valence-electron chi connectivity index (χ4n) is 3.80. The van der Waals surface area contributed by atoms with E-state index in [-0.39, 0.29) is 17.6 Å². The molecule has 3 aromatic rings. The second-order valence-corrected chi connectivity index (χ2v) is 7.31. The van der Waals surface area contributed by atoms with E-state index in [1.54, 1.807) is 12.1 Å². The second-order valence-electron chi connectivity index (χ2n) is 7.31. The number of benzene rings is 2. The fraction of sp³-hybridized carbons (Fsp3) is 0.250. The minimum atomic E-state index is -0.226. The van der Waals surface area contributed by atoms with Crippen LogP contribution in [-0.2, 0) is 6.42 Å². The van der Waals surface area contributed by atoms with Crippen LogP contribution in [0.5, 0.6) is 0 Å².